The first kappa shape index (κ1) is 31.9. The zero-order chi connectivity index (χ0) is 34.7. The molecule has 0 bridgehead atoms. The molecule has 4 fully saturated rings. The van der Waals surface area contributed by atoms with Crippen molar-refractivity contribution in [3.05, 3.63) is 34.4 Å². The van der Waals surface area contributed by atoms with Crippen LogP contribution in [0.2, 0.25) is 5.02 Å². The molecule has 5 heterocycles. The summed E-state index contributed by atoms with van der Waals surface area (Å²) in [4.78, 5) is 13.4. The van der Waals surface area contributed by atoms with Crippen LogP contribution in [-0.2, 0) is 0 Å². The number of aromatic nitrogens is 2. The van der Waals surface area contributed by atoms with E-state index in [-0.39, 0.29) is 90.3 Å². The average Bonchev–Trinajstić information content (AvgIpc) is 3.93. The molecule has 2 saturated heterocycles. The fourth-order valence-corrected chi connectivity index (χ4v) is 9.70. The minimum absolute atomic E-state index is 0.00368. The predicted octanol–water partition coefficient (Wildman–Crippen LogP) is 6.10. The summed E-state index contributed by atoms with van der Waals surface area (Å²) in [5, 5.41) is 31.4. The van der Waals surface area contributed by atoms with Crippen molar-refractivity contribution in [2.75, 3.05) is 43.5 Å². The van der Waals surface area contributed by atoms with Crippen LogP contribution in [0.5, 0.6) is 11.8 Å². The minimum atomic E-state index is -1.12. The van der Waals surface area contributed by atoms with Crippen molar-refractivity contribution in [2.24, 2.45) is 11.8 Å². The molecular weight excluding hydrogens is 691 g/mol. The van der Waals surface area contributed by atoms with Crippen molar-refractivity contribution < 1.29 is 27.8 Å². The van der Waals surface area contributed by atoms with Gasteiger partial charge < -0.3 is 25.2 Å². The number of alkyl halides is 1. The van der Waals surface area contributed by atoms with E-state index in [1.807, 2.05) is 11.0 Å². The average molecular weight is 722 g/mol. The molecular formula is C35H31ClF3N7O3S. The van der Waals surface area contributed by atoms with E-state index in [0.29, 0.717) is 38.8 Å². The maximum Gasteiger partial charge on any atom is 0.319 e. The van der Waals surface area contributed by atoms with Gasteiger partial charge in [-0.25, -0.2) is 13.2 Å². The van der Waals surface area contributed by atoms with Crippen LogP contribution in [-0.4, -0.2) is 76.2 Å². The lowest BCUT2D eigenvalue weighted by atomic mass is 9.95. The molecule has 5 aliphatic rings. The number of thiophene rings is 1. The molecule has 4 aromatic rings. The van der Waals surface area contributed by atoms with Gasteiger partial charge in [-0.1, -0.05) is 17.7 Å². The van der Waals surface area contributed by atoms with E-state index < -0.39 is 35.0 Å². The molecule has 3 aliphatic heterocycles. The number of halogens is 4. The van der Waals surface area contributed by atoms with Crippen LogP contribution >= 0.6 is 22.9 Å². The van der Waals surface area contributed by atoms with E-state index in [4.69, 9.17) is 31.8 Å². The Balaban J connectivity index is 1.27. The smallest absolute Gasteiger partial charge is 0.319 e. The molecule has 2 aliphatic carbocycles. The number of aliphatic hydroxyl groups is 1. The van der Waals surface area contributed by atoms with Crippen molar-refractivity contribution in [1.82, 2.24) is 14.9 Å². The largest absolute Gasteiger partial charge is 0.489 e. The molecule has 2 unspecified atom stereocenters. The lowest BCUT2D eigenvalue weighted by Gasteiger charge is -2.35. The number of nitriles is 2. The number of anilines is 2. The lowest BCUT2D eigenvalue weighted by molar-refractivity contribution is 0.0895. The number of fused-ring (bicyclic) bond motifs is 2. The molecule has 2 saturated carbocycles. The minimum Gasteiger partial charge on any atom is -0.489 e. The van der Waals surface area contributed by atoms with Crippen molar-refractivity contribution in [2.45, 2.75) is 61.9 Å². The maximum absolute atomic E-state index is 17.3. The van der Waals surface area contributed by atoms with Gasteiger partial charge in [0.25, 0.3) is 0 Å². The number of nitrogen functional groups attached to an aromatic ring is 1. The van der Waals surface area contributed by atoms with Gasteiger partial charge in [-0.2, -0.15) is 20.5 Å². The van der Waals surface area contributed by atoms with Gasteiger partial charge in [0.15, 0.2) is 11.6 Å². The highest BCUT2D eigenvalue weighted by atomic mass is 35.5. The van der Waals surface area contributed by atoms with E-state index in [2.05, 4.69) is 16.0 Å². The SMILES string of the molecule is N#Cc1c(N)sc2c(F)ccc(-c3c(Cl)c4c5c(nc(OC[C@@]67CCCN6C[C@H](F)C7)nc5c3F)N(CC3CC3C#N)[C@@H](C3(O)CC3)CO4)c12. The van der Waals surface area contributed by atoms with Gasteiger partial charge in [0.2, 0.25) is 0 Å². The quantitative estimate of drug-likeness (QED) is 0.230. The van der Waals surface area contributed by atoms with Gasteiger partial charge >= 0.3 is 6.01 Å². The number of rotatable bonds is 7. The zero-order valence-electron chi connectivity index (χ0n) is 26.7. The van der Waals surface area contributed by atoms with E-state index in [1.165, 1.54) is 12.1 Å². The van der Waals surface area contributed by atoms with Crippen LogP contribution in [0.15, 0.2) is 12.1 Å². The first-order valence-corrected chi connectivity index (χ1v) is 17.9. The van der Waals surface area contributed by atoms with E-state index >= 15 is 8.78 Å². The third-order valence-corrected chi connectivity index (χ3v) is 12.7. The summed E-state index contributed by atoms with van der Waals surface area (Å²) >= 11 is 7.96. The van der Waals surface area contributed by atoms with Gasteiger partial charge in [-0.15, -0.1) is 11.3 Å². The molecule has 258 valence electrons. The number of benzene rings is 2. The van der Waals surface area contributed by atoms with Crippen molar-refractivity contribution >= 4 is 54.7 Å². The molecule has 3 N–H and O–H groups in total. The molecule has 9 rings (SSSR count). The van der Waals surface area contributed by atoms with Crippen LogP contribution in [0.1, 0.15) is 44.1 Å². The highest BCUT2D eigenvalue weighted by molar-refractivity contribution is 7.23. The normalized spacial score (nSPS) is 27.9. The fourth-order valence-electron chi connectivity index (χ4n) is 8.42. The number of ether oxygens (including phenoxy) is 2. The third kappa shape index (κ3) is 4.72. The predicted molar refractivity (Wildman–Crippen MR) is 181 cm³/mol. The highest BCUT2D eigenvalue weighted by Crippen LogP contribution is 2.54. The van der Waals surface area contributed by atoms with E-state index in [9.17, 15) is 20.0 Å². The Bertz CT molecular complexity index is 2200. The molecule has 5 atom stereocenters. The van der Waals surface area contributed by atoms with E-state index in [0.717, 1.165) is 30.7 Å². The highest BCUT2D eigenvalue weighted by Gasteiger charge is 2.54. The van der Waals surface area contributed by atoms with Crippen molar-refractivity contribution in [3.63, 3.8) is 0 Å². The summed E-state index contributed by atoms with van der Waals surface area (Å²) in [6.07, 6.45) is 2.66. The van der Waals surface area contributed by atoms with Gasteiger partial charge in [0.1, 0.15) is 47.6 Å². The summed E-state index contributed by atoms with van der Waals surface area (Å²) < 4.78 is 59.7. The molecule has 50 heavy (non-hydrogen) atoms. The number of nitrogens with zero attached hydrogens (tertiary/aromatic N) is 6. The monoisotopic (exact) mass is 721 g/mol. The first-order chi connectivity index (χ1) is 24.1. The van der Waals surface area contributed by atoms with Gasteiger partial charge in [-0.3, -0.25) is 4.90 Å². The third-order valence-electron chi connectivity index (χ3n) is 11.3. The lowest BCUT2D eigenvalue weighted by Crippen LogP contribution is -2.50. The number of hydrogen-bond donors (Lipinski definition) is 2. The van der Waals surface area contributed by atoms with Crippen molar-refractivity contribution in [1.29, 1.82) is 10.5 Å². The van der Waals surface area contributed by atoms with Crippen LogP contribution in [0, 0.1) is 46.1 Å². The van der Waals surface area contributed by atoms with E-state index in [1.54, 1.807) is 0 Å². The molecule has 15 heteroatoms. The first-order valence-electron chi connectivity index (χ1n) is 16.7. The summed E-state index contributed by atoms with van der Waals surface area (Å²) in [5.74, 6) is -1.35. The van der Waals surface area contributed by atoms with Crippen LogP contribution in [0.3, 0.4) is 0 Å². The second-order valence-corrected chi connectivity index (χ2v) is 15.7. The standard InChI is InChI=1S/C35H31ClF3N7O3S/c36-26-24(19-2-3-21(38)30-23(19)20(11-41)31(42)50-30)27(39)28-25-29(26)48-14-22(35(47)5-6-35)46(12-17-8-16(17)10-40)32(25)44-33(43-28)49-15-34-4-1-7-45(34)13-18(37)9-34/h2-3,16-18,22,47H,1,4-9,12-15,42H2/t16?,17?,18-,22-,34+/m1/s1. The Hall–Kier alpha value is -4.08. The summed E-state index contributed by atoms with van der Waals surface area (Å²) in [7, 11) is 0. The molecule has 10 nitrogen and oxygen atoms in total. The molecule has 2 aromatic carbocycles. The molecule has 0 amide bonds. The Morgan fingerprint density at radius 3 is 2.76 bits per heavy atom. The molecule has 0 radical (unpaired) electrons. The number of nitrogens with two attached hydrogens (primary N) is 1. The van der Waals surface area contributed by atoms with Crippen molar-refractivity contribution in [3.8, 4) is 35.0 Å². The van der Waals surface area contributed by atoms with Crippen LogP contribution < -0.4 is 20.1 Å². The summed E-state index contributed by atoms with van der Waals surface area (Å²) in [5.41, 5.74) is 4.24. The molecule has 2 aromatic heterocycles. The number of hydrogen-bond acceptors (Lipinski definition) is 11. The van der Waals surface area contributed by atoms with Gasteiger partial charge in [0, 0.05) is 30.5 Å². The topological polar surface area (TPSA) is 145 Å². The zero-order valence-corrected chi connectivity index (χ0v) is 28.3. The van der Waals surface area contributed by atoms with Crippen LogP contribution in [0.4, 0.5) is 24.0 Å². The summed E-state index contributed by atoms with van der Waals surface area (Å²) in [6, 6.07) is 6.09. The fraction of sp³-hybridized carbons (Fsp3) is 0.486. The Morgan fingerprint density at radius 2 is 2.02 bits per heavy atom. The molecule has 0 spiro atoms. The Kier molecular flexibility index (Phi) is 7.14. The van der Waals surface area contributed by atoms with Gasteiger partial charge in [-0.05, 0) is 56.2 Å². The summed E-state index contributed by atoms with van der Waals surface area (Å²) in [6.45, 7) is 1.49. The maximum atomic E-state index is 17.3. The second-order valence-electron chi connectivity index (χ2n) is 14.3. The second kappa shape index (κ2) is 11.2. The van der Waals surface area contributed by atoms with Crippen LogP contribution in [0.25, 0.3) is 32.1 Å². The Morgan fingerprint density at radius 1 is 1.20 bits per heavy atom. The Labute approximate surface area is 293 Å². The van der Waals surface area contributed by atoms with Gasteiger partial charge in [0.05, 0.1) is 49.8 Å².